The number of carbonyl (C=O) groups is 2. The normalized spacial score (nSPS) is 20.1. The molecule has 1 amide bonds. The minimum Gasteiger partial charge on any atom is -0.376 e. The Morgan fingerprint density at radius 2 is 1.76 bits per heavy atom. The SMILES string of the molecule is CCc1ccc(C(CC(=O)C2CNCC(C(=O)Nc3ccccc3)C2)OC)cc1. The van der Waals surface area contributed by atoms with Crippen LogP contribution in [0.5, 0.6) is 0 Å². The summed E-state index contributed by atoms with van der Waals surface area (Å²) in [7, 11) is 1.64. The molecule has 2 aromatic carbocycles. The van der Waals surface area contributed by atoms with Gasteiger partial charge in [-0.25, -0.2) is 0 Å². The number of benzene rings is 2. The molecule has 1 saturated heterocycles. The van der Waals surface area contributed by atoms with Crippen LogP contribution in [0.25, 0.3) is 0 Å². The Labute approximate surface area is 172 Å². The molecule has 1 aliphatic heterocycles. The Morgan fingerprint density at radius 3 is 2.41 bits per heavy atom. The van der Waals surface area contributed by atoms with Crippen LogP contribution in [-0.4, -0.2) is 31.9 Å². The average Bonchev–Trinajstić information content (AvgIpc) is 2.78. The maximum absolute atomic E-state index is 12.9. The van der Waals surface area contributed by atoms with Crippen molar-refractivity contribution in [3.63, 3.8) is 0 Å². The van der Waals surface area contributed by atoms with Crippen molar-refractivity contribution in [2.24, 2.45) is 11.8 Å². The third kappa shape index (κ3) is 5.75. The lowest BCUT2D eigenvalue weighted by molar-refractivity contribution is -0.127. The minimum absolute atomic E-state index is 0.0420. The summed E-state index contributed by atoms with van der Waals surface area (Å²) in [6.07, 6.45) is 1.61. The Balaban J connectivity index is 1.58. The Bertz CT molecular complexity index is 805. The topological polar surface area (TPSA) is 67.4 Å². The van der Waals surface area contributed by atoms with Crippen molar-refractivity contribution >= 4 is 17.4 Å². The molecule has 1 aliphatic rings. The van der Waals surface area contributed by atoms with Crippen LogP contribution in [0.15, 0.2) is 54.6 Å². The largest absolute Gasteiger partial charge is 0.376 e. The Morgan fingerprint density at radius 1 is 1.07 bits per heavy atom. The summed E-state index contributed by atoms with van der Waals surface area (Å²) >= 11 is 0. The molecule has 0 radical (unpaired) electrons. The first-order valence-electron chi connectivity index (χ1n) is 10.3. The maximum Gasteiger partial charge on any atom is 0.228 e. The zero-order valence-corrected chi connectivity index (χ0v) is 17.2. The molecular weight excluding hydrogens is 364 g/mol. The van der Waals surface area contributed by atoms with E-state index < -0.39 is 0 Å². The van der Waals surface area contributed by atoms with Gasteiger partial charge < -0.3 is 15.4 Å². The molecule has 2 N–H and O–H groups in total. The fraction of sp³-hybridized carbons (Fsp3) is 0.417. The van der Waals surface area contributed by atoms with Gasteiger partial charge in [-0.1, -0.05) is 49.4 Å². The molecule has 3 unspecified atom stereocenters. The van der Waals surface area contributed by atoms with Crippen LogP contribution in [0, 0.1) is 11.8 Å². The first-order valence-corrected chi connectivity index (χ1v) is 10.3. The number of ketones is 1. The summed E-state index contributed by atoms with van der Waals surface area (Å²) in [6, 6.07) is 17.7. The highest BCUT2D eigenvalue weighted by Crippen LogP contribution is 2.26. The molecule has 154 valence electrons. The third-order valence-electron chi connectivity index (χ3n) is 5.65. The lowest BCUT2D eigenvalue weighted by Crippen LogP contribution is -2.44. The highest BCUT2D eigenvalue weighted by molar-refractivity contribution is 5.93. The van der Waals surface area contributed by atoms with E-state index in [4.69, 9.17) is 4.74 Å². The summed E-state index contributed by atoms with van der Waals surface area (Å²) in [6.45, 7) is 3.32. The standard InChI is InChI=1S/C24H30N2O3/c1-3-17-9-11-18(12-10-17)23(29-2)14-22(27)19-13-20(16-25-15-19)24(28)26-21-7-5-4-6-8-21/h4-12,19-20,23,25H,3,13-16H2,1-2H3,(H,26,28). The fourth-order valence-corrected chi connectivity index (χ4v) is 3.81. The van der Waals surface area contributed by atoms with Crippen molar-refractivity contribution in [3.8, 4) is 0 Å². The van der Waals surface area contributed by atoms with Crippen LogP contribution in [0.1, 0.15) is 37.0 Å². The van der Waals surface area contributed by atoms with Gasteiger partial charge in [0.1, 0.15) is 5.78 Å². The van der Waals surface area contributed by atoms with E-state index in [-0.39, 0.29) is 29.6 Å². The van der Waals surface area contributed by atoms with Crippen molar-refractivity contribution in [3.05, 3.63) is 65.7 Å². The molecule has 3 atom stereocenters. The Hall–Kier alpha value is -2.50. The third-order valence-corrected chi connectivity index (χ3v) is 5.65. The molecular formula is C24H30N2O3. The van der Waals surface area contributed by atoms with E-state index >= 15 is 0 Å². The summed E-state index contributed by atoms with van der Waals surface area (Å²) in [5, 5.41) is 6.20. The molecule has 1 heterocycles. The predicted octanol–water partition coefficient (Wildman–Crippen LogP) is 3.76. The first-order chi connectivity index (χ1) is 14.1. The second-order valence-corrected chi connectivity index (χ2v) is 7.63. The molecule has 5 heteroatoms. The number of hydrogen-bond donors (Lipinski definition) is 2. The fourth-order valence-electron chi connectivity index (χ4n) is 3.81. The summed E-state index contributed by atoms with van der Waals surface area (Å²) in [4.78, 5) is 25.5. The highest BCUT2D eigenvalue weighted by atomic mass is 16.5. The van der Waals surface area contributed by atoms with Gasteiger partial charge in [-0.2, -0.15) is 0 Å². The van der Waals surface area contributed by atoms with Crippen molar-refractivity contribution in [2.45, 2.75) is 32.3 Å². The van der Waals surface area contributed by atoms with Crippen LogP contribution in [0.3, 0.4) is 0 Å². The number of para-hydroxylation sites is 1. The van der Waals surface area contributed by atoms with Gasteiger partial charge in [0, 0.05) is 38.2 Å². The number of nitrogens with one attached hydrogen (secondary N) is 2. The second-order valence-electron chi connectivity index (χ2n) is 7.63. The van der Waals surface area contributed by atoms with E-state index in [0.29, 0.717) is 25.9 Å². The van der Waals surface area contributed by atoms with E-state index in [2.05, 4.69) is 29.7 Å². The van der Waals surface area contributed by atoms with E-state index in [9.17, 15) is 9.59 Å². The van der Waals surface area contributed by atoms with Gasteiger partial charge in [0.05, 0.1) is 12.0 Å². The van der Waals surface area contributed by atoms with E-state index in [1.54, 1.807) is 7.11 Å². The number of rotatable bonds is 8. The first kappa shape index (κ1) is 21.2. The number of hydrogen-bond acceptors (Lipinski definition) is 4. The van der Waals surface area contributed by atoms with Crippen molar-refractivity contribution < 1.29 is 14.3 Å². The highest BCUT2D eigenvalue weighted by Gasteiger charge is 2.32. The zero-order valence-electron chi connectivity index (χ0n) is 17.2. The van der Waals surface area contributed by atoms with Gasteiger partial charge in [0.2, 0.25) is 5.91 Å². The molecule has 5 nitrogen and oxygen atoms in total. The summed E-state index contributed by atoms with van der Waals surface area (Å²) < 4.78 is 5.60. The predicted molar refractivity (Wildman–Crippen MR) is 115 cm³/mol. The molecule has 0 aliphatic carbocycles. The number of carbonyl (C=O) groups excluding carboxylic acids is 2. The number of amides is 1. The van der Waals surface area contributed by atoms with Crippen molar-refractivity contribution in [1.82, 2.24) is 5.32 Å². The van der Waals surface area contributed by atoms with E-state index in [1.165, 1.54) is 5.56 Å². The second kappa shape index (κ2) is 10.3. The molecule has 29 heavy (non-hydrogen) atoms. The molecule has 0 spiro atoms. The van der Waals surface area contributed by atoms with Crippen LogP contribution in [-0.2, 0) is 20.7 Å². The number of Topliss-reactive ketones (excluding diaryl/α,β-unsaturated/α-hetero) is 1. The van der Waals surface area contributed by atoms with Crippen LogP contribution >= 0.6 is 0 Å². The number of piperidine rings is 1. The van der Waals surface area contributed by atoms with Gasteiger partial charge in [0.15, 0.2) is 0 Å². The smallest absolute Gasteiger partial charge is 0.228 e. The number of ether oxygens (including phenoxy) is 1. The molecule has 2 aromatic rings. The Kier molecular flexibility index (Phi) is 7.55. The van der Waals surface area contributed by atoms with Gasteiger partial charge >= 0.3 is 0 Å². The van der Waals surface area contributed by atoms with Gasteiger partial charge in [0.25, 0.3) is 0 Å². The van der Waals surface area contributed by atoms with E-state index in [0.717, 1.165) is 17.7 Å². The van der Waals surface area contributed by atoms with Crippen LogP contribution in [0.4, 0.5) is 5.69 Å². The minimum atomic E-state index is -0.257. The van der Waals surface area contributed by atoms with Crippen LogP contribution < -0.4 is 10.6 Å². The lowest BCUT2D eigenvalue weighted by Gasteiger charge is -2.29. The molecule has 0 bridgehead atoms. The maximum atomic E-state index is 12.9. The zero-order chi connectivity index (χ0) is 20.6. The lowest BCUT2D eigenvalue weighted by atomic mass is 9.84. The summed E-state index contributed by atoms with van der Waals surface area (Å²) in [5.41, 5.74) is 3.06. The van der Waals surface area contributed by atoms with Crippen LogP contribution in [0.2, 0.25) is 0 Å². The van der Waals surface area contributed by atoms with Gasteiger partial charge in [-0.05, 0) is 36.1 Å². The monoisotopic (exact) mass is 394 g/mol. The summed E-state index contributed by atoms with van der Waals surface area (Å²) in [5.74, 6) is -0.300. The quantitative estimate of drug-likeness (QED) is 0.715. The number of aryl methyl sites for hydroxylation is 1. The number of anilines is 1. The molecule has 3 rings (SSSR count). The molecule has 0 aromatic heterocycles. The van der Waals surface area contributed by atoms with Crippen molar-refractivity contribution in [2.75, 3.05) is 25.5 Å². The molecule has 1 fully saturated rings. The van der Waals surface area contributed by atoms with Crippen molar-refractivity contribution in [1.29, 1.82) is 0 Å². The van der Waals surface area contributed by atoms with E-state index in [1.807, 2.05) is 42.5 Å². The van der Waals surface area contributed by atoms with Gasteiger partial charge in [-0.15, -0.1) is 0 Å². The average molecular weight is 395 g/mol. The molecule has 0 saturated carbocycles. The van der Waals surface area contributed by atoms with Gasteiger partial charge in [-0.3, -0.25) is 9.59 Å². The number of methoxy groups -OCH3 is 1.